The van der Waals surface area contributed by atoms with Crippen LogP contribution in [0.4, 0.5) is 11.4 Å². The number of hydrogen-bond acceptors (Lipinski definition) is 5. The predicted octanol–water partition coefficient (Wildman–Crippen LogP) is 5.30. The maximum Gasteiger partial charge on any atom is 0.234 e. The summed E-state index contributed by atoms with van der Waals surface area (Å²) in [5, 5.41) is 12.4. The number of para-hydroxylation sites is 1. The molecule has 0 saturated heterocycles. The SMILES string of the molecule is CCN(CC)c1ccc(-c2nnc(SCC(=O)Nc3ccccc3Br)n2CC)cc1. The zero-order valence-electron chi connectivity index (χ0n) is 17.4. The Morgan fingerprint density at radius 1 is 1.07 bits per heavy atom. The second-order valence-corrected chi connectivity index (χ2v) is 8.38. The molecule has 0 aliphatic rings. The quantitative estimate of drug-likeness (QED) is 0.414. The van der Waals surface area contributed by atoms with Crippen LogP contribution in [0, 0.1) is 0 Å². The second-order valence-electron chi connectivity index (χ2n) is 6.59. The Bertz CT molecular complexity index is 985. The summed E-state index contributed by atoms with van der Waals surface area (Å²) in [6.45, 7) is 9.05. The number of nitrogens with zero attached hydrogens (tertiary/aromatic N) is 4. The van der Waals surface area contributed by atoms with Gasteiger partial charge in [-0.25, -0.2) is 0 Å². The molecule has 1 aromatic heterocycles. The van der Waals surface area contributed by atoms with Crippen LogP contribution in [0.5, 0.6) is 0 Å². The van der Waals surface area contributed by atoms with E-state index in [0.717, 1.165) is 46.3 Å². The first-order valence-electron chi connectivity index (χ1n) is 10.0. The second kappa shape index (κ2) is 10.6. The number of nitrogens with one attached hydrogen (secondary N) is 1. The summed E-state index contributed by atoms with van der Waals surface area (Å²) < 4.78 is 2.90. The summed E-state index contributed by atoms with van der Waals surface area (Å²) in [5.41, 5.74) is 2.98. The van der Waals surface area contributed by atoms with Crippen LogP contribution in [0.25, 0.3) is 11.4 Å². The Morgan fingerprint density at radius 3 is 2.40 bits per heavy atom. The first-order chi connectivity index (χ1) is 14.6. The molecule has 2 aromatic carbocycles. The van der Waals surface area contributed by atoms with Crippen LogP contribution in [0.1, 0.15) is 20.8 Å². The molecule has 0 atom stereocenters. The summed E-state index contributed by atoms with van der Waals surface area (Å²) in [5.74, 6) is 1.00. The summed E-state index contributed by atoms with van der Waals surface area (Å²) in [7, 11) is 0. The fraction of sp³-hybridized carbons (Fsp3) is 0.318. The summed E-state index contributed by atoms with van der Waals surface area (Å²) >= 11 is 4.83. The molecular weight excluding hydrogens is 462 g/mol. The summed E-state index contributed by atoms with van der Waals surface area (Å²) in [4.78, 5) is 14.7. The number of aromatic nitrogens is 3. The van der Waals surface area contributed by atoms with Crippen LogP contribution >= 0.6 is 27.7 Å². The molecule has 0 bridgehead atoms. The van der Waals surface area contributed by atoms with Crippen molar-refractivity contribution in [3.8, 4) is 11.4 Å². The highest BCUT2D eigenvalue weighted by molar-refractivity contribution is 9.10. The minimum absolute atomic E-state index is 0.0809. The highest BCUT2D eigenvalue weighted by Crippen LogP contribution is 2.27. The Hall–Kier alpha value is -2.32. The lowest BCUT2D eigenvalue weighted by Gasteiger charge is -2.21. The molecule has 0 aliphatic heterocycles. The van der Waals surface area contributed by atoms with Gasteiger partial charge in [0.1, 0.15) is 0 Å². The van der Waals surface area contributed by atoms with E-state index >= 15 is 0 Å². The van der Waals surface area contributed by atoms with Crippen LogP contribution in [0.15, 0.2) is 58.2 Å². The average molecular weight is 488 g/mol. The molecule has 0 aliphatic carbocycles. The number of amides is 1. The van der Waals surface area contributed by atoms with Gasteiger partial charge in [-0.1, -0.05) is 23.9 Å². The smallest absolute Gasteiger partial charge is 0.234 e. The fourth-order valence-electron chi connectivity index (χ4n) is 3.18. The molecule has 6 nitrogen and oxygen atoms in total. The van der Waals surface area contributed by atoms with Crippen molar-refractivity contribution in [1.82, 2.24) is 14.8 Å². The van der Waals surface area contributed by atoms with Gasteiger partial charge < -0.3 is 14.8 Å². The molecule has 1 heterocycles. The lowest BCUT2D eigenvalue weighted by Crippen LogP contribution is -2.21. The lowest BCUT2D eigenvalue weighted by atomic mass is 10.2. The van der Waals surface area contributed by atoms with E-state index in [1.807, 2.05) is 28.8 Å². The molecule has 3 aromatic rings. The molecule has 3 rings (SSSR count). The van der Waals surface area contributed by atoms with Crippen LogP contribution in [-0.4, -0.2) is 39.5 Å². The van der Waals surface area contributed by atoms with Crippen molar-refractivity contribution >= 4 is 45.0 Å². The predicted molar refractivity (Wildman–Crippen MR) is 128 cm³/mol. The van der Waals surface area contributed by atoms with Gasteiger partial charge in [-0.05, 0) is 73.1 Å². The van der Waals surface area contributed by atoms with E-state index in [1.165, 1.54) is 17.4 Å². The fourth-order valence-corrected chi connectivity index (χ4v) is 4.37. The van der Waals surface area contributed by atoms with Gasteiger partial charge in [-0.3, -0.25) is 4.79 Å². The molecule has 0 spiro atoms. The zero-order valence-corrected chi connectivity index (χ0v) is 19.8. The van der Waals surface area contributed by atoms with E-state index in [0.29, 0.717) is 0 Å². The minimum Gasteiger partial charge on any atom is -0.372 e. The van der Waals surface area contributed by atoms with Crippen LogP contribution in [0.3, 0.4) is 0 Å². The van der Waals surface area contributed by atoms with Crippen molar-refractivity contribution in [1.29, 1.82) is 0 Å². The molecular formula is C22H26BrN5OS. The van der Waals surface area contributed by atoms with E-state index in [4.69, 9.17) is 0 Å². The number of halogens is 1. The van der Waals surface area contributed by atoms with Crippen molar-refractivity contribution in [3.05, 3.63) is 53.0 Å². The highest BCUT2D eigenvalue weighted by atomic mass is 79.9. The van der Waals surface area contributed by atoms with Gasteiger partial charge in [0.05, 0.1) is 11.4 Å². The van der Waals surface area contributed by atoms with Gasteiger partial charge in [0.25, 0.3) is 0 Å². The number of hydrogen-bond donors (Lipinski definition) is 1. The number of rotatable bonds is 9. The first kappa shape index (κ1) is 22.4. The van der Waals surface area contributed by atoms with Gasteiger partial charge in [-0.2, -0.15) is 0 Å². The van der Waals surface area contributed by atoms with Gasteiger partial charge in [0, 0.05) is 35.4 Å². The van der Waals surface area contributed by atoms with Crippen LogP contribution < -0.4 is 10.2 Å². The molecule has 30 heavy (non-hydrogen) atoms. The van der Waals surface area contributed by atoms with Crippen molar-refractivity contribution < 1.29 is 4.79 Å². The van der Waals surface area contributed by atoms with E-state index < -0.39 is 0 Å². The van der Waals surface area contributed by atoms with Crippen molar-refractivity contribution in [2.24, 2.45) is 0 Å². The van der Waals surface area contributed by atoms with Gasteiger partial charge in [0.15, 0.2) is 11.0 Å². The van der Waals surface area contributed by atoms with E-state index in [9.17, 15) is 4.79 Å². The molecule has 0 radical (unpaired) electrons. The Labute approximate surface area is 190 Å². The van der Waals surface area contributed by atoms with Gasteiger partial charge in [-0.15, -0.1) is 10.2 Å². The molecule has 0 saturated carbocycles. The average Bonchev–Trinajstić information content (AvgIpc) is 3.18. The van der Waals surface area contributed by atoms with Crippen LogP contribution in [0.2, 0.25) is 0 Å². The summed E-state index contributed by atoms with van der Waals surface area (Å²) in [6, 6.07) is 16.0. The molecule has 8 heteroatoms. The van der Waals surface area contributed by atoms with E-state index in [1.54, 1.807) is 0 Å². The van der Waals surface area contributed by atoms with Crippen molar-refractivity contribution in [2.75, 3.05) is 29.1 Å². The molecule has 158 valence electrons. The Morgan fingerprint density at radius 2 is 1.77 bits per heavy atom. The maximum atomic E-state index is 12.4. The Balaban J connectivity index is 1.69. The number of thioether (sulfide) groups is 1. The zero-order chi connectivity index (χ0) is 21.5. The maximum absolute atomic E-state index is 12.4. The molecule has 0 unspecified atom stereocenters. The third-order valence-corrected chi connectivity index (χ3v) is 6.43. The number of benzene rings is 2. The van der Waals surface area contributed by atoms with Crippen molar-refractivity contribution in [3.63, 3.8) is 0 Å². The largest absolute Gasteiger partial charge is 0.372 e. The molecule has 0 fully saturated rings. The number of anilines is 2. The van der Waals surface area contributed by atoms with Gasteiger partial charge in [0.2, 0.25) is 5.91 Å². The molecule has 1 amide bonds. The first-order valence-corrected chi connectivity index (χ1v) is 11.8. The number of carbonyl (C=O) groups is 1. The van der Waals surface area contributed by atoms with Gasteiger partial charge >= 0.3 is 0 Å². The third kappa shape index (κ3) is 5.23. The Kier molecular flexibility index (Phi) is 7.93. The van der Waals surface area contributed by atoms with Crippen LogP contribution in [-0.2, 0) is 11.3 Å². The highest BCUT2D eigenvalue weighted by Gasteiger charge is 2.15. The number of carbonyl (C=O) groups excluding carboxylic acids is 1. The topological polar surface area (TPSA) is 63.1 Å². The minimum atomic E-state index is -0.0809. The standard InChI is InChI=1S/C22H26BrN5OS/c1-4-27(5-2)17-13-11-16(12-14-17)21-25-26-22(28(21)6-3)30-15-20(29)24-19-10-8-7-9-18(19)23/h7-14H,4-6,15H2,1-3H3,(H,24,29). The normalized spacial score (nSPS) is 10.8. The van der Waals surface area contributed by atoms with E-state index in [2.05, 4.69) is 81.4 Å². The monoisotopic (exact) mass is 487 g/mol. The van der Waals surface area contributed by atoms with E-state index in [-0.39, 0.29) is 11.7 Å². The third-order valence-electron chi connectivity index (χ3n) is 4.77. The lowest BCUT2D eigenvalue weighted by molar-refractivity contribution is -0.113. The summed E-state index contributed by atoms with van der Waals surface area (Å²) in [6.07, 6.45) is 0. The molecule has 1 N–H and O–H groups in total. The van der Waals surface area contributed by atoms with Crippen molar-refractivity contribution in [2.45, 2.75) is 32.5 Å².